The van der Waals surface area contributed by atoms with Gasteiger partial charge in [-0.2, -0.15) is 0 Å². The Morgan fingerprint density at radius 2 is 1.97 bits per heavy atom. The van der Waals surface area contributed by atoms with Crippen molar-refractivity contribution in [1.29, 1.82) is 0 Å². The number of hydrogen-bond donors (Lipinski definition) is 1. The summed E-state index contributed by atoms with van der Waals surface area (Å²) in [6.45, 7) is 1.28. The SMILES string of the molecule is COc1ccc(CNC2CCc3c(sc4ncn(Cc5cccc6cccnc56)c(=O)c34)C2)cc1. The number of ether oxygens (including phenoxy) is 1. The Hall–Kier alpha value is -3.55. The highest BCUT2D eigenvalue weighted by Crippen LogP contribution is 2.34. The number of fused-ring (bicyclic) bond motifs is 4. The second kappa shape index (κ2) is 9.24. The quantitative estimate of drug-likeness (QED) is 0.380. The number of aryl methyl sites for hydroxylation is 1. The molecule has 3 aromatic heterocycles. The number of aromatic nitrogens is 3. The summed E-state index contributed by atoms with van der Waals surface area (Å²) < 4.78 is 6.98. The maximum absolute atomic E-state index is 13.5. The number of pyridine rings is 1. The van der Waals surface area contributed by atoms with Gasteiger partial charge in [0.15, 0.2) is 0 Å². The Bertz CT molecular complexity index is 1570. The van der Waals surface area contributed by atoms with Crippen molar-refractivity contribution in [3.63, 3.8) is 0 Å². The zero-order valence-corrected chi connectivity index (χ0v) is 20.3. The molecule has 35 heavy (non-hydrogen) atoms. The van der Waals surface area contributed by atoms with E-state index in [1.165, 1.54) is 16.0 Å². The van der Waals surface area contributed by atoms with Crippen LogP contribution < -0.4 is 15.6 Å². The Morgan fingerprint density at radius 3 is 2.83 bits per heavy atom. The Morgan fingerprint density at radius 1 is 1.11 bits per heavy atom. The molecule has 1 aliphatic carbocycles. The third kappa shape index (κ3) is 4.22. The molecular weight excluding hydrogens is 456 g/mol. The van der Waals surface area contributed by atoms with Gasteiger partial charge in [-0.1, -0.05) is 36.4 Å². The molecule has 6 rings (SSSR count). The molecule has 1 atom stereocenters. The second-order valence-corrected chi connectivity index (χ2v) is 10.1. The molecule has 0 fully saturated rings. The number of nitrogens with zero attached hydrogens (tertiary/aromatic N) is 3. The van der Waals surface area contributed by atoms with E-state index < -0.39 is 0 Å². The van der Waals surface area contributed by atoms with Crippen molar-refractivity contribution in [3.8, 4) is 5.75 Å². The van der Waals surface area contributed by atoms with Crippen molar-refractivity contribution in [2.75, 3.05) is 7.11 Å². The van der Waals surface area contributed by atoms with Gasteiger partial charge in [-0.25, -0.2) is 4.98 Å². The summed E-state index contributed by atoms with van der Waals surface area (Å²) >= 11 is 1.67. The highest BCUT2D eigenvalue weighted by molar-refractivity contribution is 7.18. The van der Waals surface area contributed by atoms with Crippen LogP contribution in [0.1, 0.15) is 28.0 Å². The standard InChI is InChI=1S/C28H26N4O2S/c1-34-22-10-7-18(8-11-22)15-30-21-9-12-23-24(14-21)35-27-25(23)28(33)32(17-31-27)16-20-5-2-4-19-6-3-13-29-26(19)20/h2-8,10-11,13,17,21,30H,9,12,14-16H2,1H3. The maximum atomic E-state index is 13.5. The number of hydrogen-bond acceptors (Lipinski definition) is 6. The van der Waals surface area contributed by atoms with E-state index >= 15 is 0 Å². The zero-order chi connectivity index (χ0) is 23.8. The van der Waals surface area contributed by atoms with Crippen LogP contribution in [0.2, 0.25) is 0 Å². The molecule has 2 aromatic carbocycles. The van der Waals surface area contributed by atoms with E-state index in [0.717, 1.165) is 58.2 Å². The first-order valence-electron chi connectivity index (χ1n) is 11.9. The van der Waals surface area contributed by atoms with Gasteiger partial charge in [0.2, 0.25) is 0 Å². The van der Waals surface area contributed by atoms with Gasteiger partial charge < -0.3 is 10.1 Å². The molecule has 1 N–H and O–H groups in total. The molecule has 0 saturated carbocycles. The Kier molecular flexibility index (Phi) is 5.80. The molecule has 0 amide bonds. The average molecular weight is 483 g/mol. The molecule has 6 nitrogen and oxygen atoms in total. The van der Waals surface area contributed by atoms with E-state index in [-0.39, 0.29) is 5.56 Å². The predicted molar refractivity (Wildman–Crippen MR) is 140 cm³/mol. The van der Waals surface area contributed by atoms with E-state index in [0.29, 0.717) is 12.6 Å². The summed E-state index contributed by atoms with van der Waals surface area (Å²) in [5.41, 5.74) is 4.43. The number of nitrogens with one attached hydrogen (secondary N) is 1. The minimum atomic E-state index is 0.0464. The fourth-order valence-electron chi connectivity index (χ4n) is 4.97. The average Bonchev–Trinajstić information content (AvgIpc) is 3.28. The van der Waals surface area contributed by atoms with Crippen molar-refractivity contribution in [3.05, 3.63) is 99.0 Å². The molecule has 0 spiro atoms. The highest BCUT2D eigenvalue weighted by Gasteiger charge is 2.25. The lowest BCUT2D eigenvalue weighted by Gasteiger charge is -2.23. The molecule has 0 aliphatic heterocycles. The van der Waals surface area contributed by atoms with Gasteiger partial charge in [0.25, 0.3) is 5.56 Å². The minimum Gasteiger partial charge on any atom is -0.497 e. The van der Waals surface area contributed by atoms with Crippen molar-refractivity contribution in [2.45, 2.75) is 38.4 Å². The molecular formula is C28H26N4O2S. The molecule has 0 saturated heterocycles. The molecule has 3 heterocycles. The first-order valence-corrected chi connectivity index (χ1v) is 12.7. The van der Waals surface area contributed by atoms with Gasteiger partial charge in [-0.15, -0.1) is 11.3 Å². The lowest BCUT2D eigenvalue weighted by atomic mass is 9.93. The molecule has 0 radical (unpaired) electrons. The largest absolute Gasteiger partial charge is 0.497 e. The van der Waals surface area contributed by atoms with Crippen molar-refractivity contribution >= 4 is 32.5 Å². The van der Waals surface area contributed by atoms with Crippen LogP contribution in [-0.4, -0.2) is 27.7 Å². The Balaban J connectivity index is 1.23. The highest BCUT2D eigenvalue weighted by atomic mass is 32.1. The smallest absolute Gasteiger partial charge is 0.262 e. The fraction of sp³-hybridized carbons (Fsp3) is 0.250. The van der Waals surface area contributed by atoms with Gasteiger partial charge in [0.05, 0.1) is 30.9 Å². The van der Waals surface area contributed by atoms with Crippen molar-refractivity contribution < 1.29 is 4.74 Å². The van der Waals surface area contributed by atoms with Gasteiger partial charge >= 0.3 is 0 Å². The summed E-state index contributed by atoms with van der Waals surface area (Å²) in [6.07, 6.45) is 6.32. The fourth-order valence-corrected chi connectivity index (χ4v) is 6.23. The van der Waals surface area contributed by atoms with Gasteiger partial charge in [0, 0.05) is 29.0 Å². The third-order valence-corrected chi connectivity index (χ3v) is 8.01. The number of benzene rings is 2. The first kappa shape index (κ1) is 21.9. The van der Waals surface area contributed by atoms with Crippen LogP contribution in [-0.2, 0) is 25.9 Å². The van der Waals surface area contributed by atoms with Crippen LogP contribution >= 0.6 is 11.3 Å². The molecule has 7 heteroatoms. The molecule has 5 aromatic rings. The van der Waals surface area contributed by atoms with Crippen LogP contribution in [0.3, 0.4) is 0 Å². The van der Waals surface area contributed by atoms with Crippen LogP contribution in [0.25, 0.3) is 21.1 Å². The zero-order valence-electron chi connectivity index (χ0n) is 19.5. The number of para-hydroxylation sites is 1. The van der Waals surface area contributed by atoms with Gasteiger partial charge in [0.1, 0.15) is 10.6 Å². The van der Waals surface area contributed by atoms with Gasteiger partial charge in [-0.05, 0) is 54.2 Å². The summed E-state index contributed by atoms with van der Waals surface area (Å²) in [4.78, 5) is 24.9. The summed E-state index contributed by atoms with van der Waals surface area (Å²) in [6, 6.07) is 18.6. The van der Waals surface area contributed by atoms with E-state index in [1.54, 1.807) is 35.5 Å². The van der Waals surface area contributed by atoms with E-state index in [9.17, 15) is 4.79 Å². The van der Waals surface area contributed by atoms with Gasteiger partial charge in [-0.3, -0.25) is 14.3 Å². The first-order chi connectivity index (χ1) is 17.2. The lowest BCUT2D eigenvalue weighted by molar-refractivity contribution is 0.414. The maximum Gasteiger partial charge on any atom is 0.262 e. The number of thiophene rings is 1. The lowest BCUT2D eigenvalue weighted by Crippen LogP contribution is -2.33. The van der Waals surface area contributed by atoms with E-state index in [2.05, 4.69) is 27.4 Å². The molecule has 176 valence electrons. The normalized spacial score (nSPS) is 15.4. The molecule has 1 aliphatic rings. The minimum absolute atomic E-state index is 0.0464. The third-order valence-electron chi connectivity index (χ3n) is 6.85. The summed E-state index contributed by atoms with van der Waals surface area (Å²) in [5.74, 6) is 0.871. The topological polar surface area (TPSA) is 69.0 Å². The van der Waals surface area contributed by atoms with Crippen molar-refractivity contribution in [2.24, 2.45) is 0 Å². The summed E-state index contributed by atoms with van der Waals surface area (Å²) in [7, 11) is 1.68. The Labute approximate surface area is 207 Å². The predicted octanol–water partition coefficient (Wildman–Crippen LogP) is 4.71. The van der Waals surface area contributed by atoms with E-state index in [1.807, 2.05) is 42.5 Å². The second-order valence-electron chi connectivity index (χ2n) is 9.02. The van der Waals surface area contributed by atoms with Crippen LogP contribution in [0.5, 0.6) is 5.75 Å². The van der Waals surface area contributed by atoms with Crippen LogP contribution in [0.15, 0.2) is 71.9 Å². The van der Waals surface area contributed by atoms with Crippen LogP contribution in [0.4, 0.5) is 0 Å². The van der Waals surface area contributed by atoms with Crippen LogP contribution in [0, 0.1) is 0 Å². The molecule has 1 unspecified atom stereocenters. The monoisotopic (exact) mass is 482 g/mol. The van der Waals surface area contributed by atoms with Crippen molar-refractivity contribution in [1.82, 2.24) is 19.9 Å². The number of methoxy groups -OCH3 is 1. The number of rotatable bonds is 6. The molecule has 0 bridgehead atoms. The summed E-state index contributed by atoms with van der Waals surface area (Å²) in [5, 5.41) is 5.57. The van der Waals surface area contributed by atoms with E-state index in [4.69, 9.17) is 4.74 Å².